The number of hydrogen-bond acceptors (Lipinski definition) is 4. The average molecular weight is 305 g/mol. The lowest BCUT2D eigenvalue weighted by atomic mass is 10.2. The third-order valence-corrected chi connectivity index (χ3v) is 3.97. The molecule has 1 aromatic carbocycles. The lowest BCUT2D eigenvalue weighted by Crippen LogP contribution is -2.48. The van der Waals surface area contributed by atoms with Crippen LogP contribution in [0.15, 0.2) is 30.3 Å². The first-order chi connectivity index (χ1) is 10.8. The molecule has 1 aliphatic heterocycles. The molecule has 0 spiro atoms. The van der Waals surface area contributed by atoms with Crippen LogP contribution in [0.3, 0.4) is 0 Å². The van der Waals surface area contributed by atoms with Gasteiger partial charge in [0.05, 0.1) is 6.61 Å². The van der Waals surface area contributed by atoms with Gasteiger partial charge in [0.1, 0.15) is 0 Å². The number of amides is 1. The molecule has 2 rings (SSSR count). The van der Waals surface area contributed by atoms with Crippen molar-refractivity contribution in [1.29, 1.82) is 0 Å². The Labute approximate surface area is 133 Å². The van der Waals surface area contributed by atoms with Gasteiger partial charge in [0.25, 0.3) is 0 Å². The number of rotatable bonds is 8. The summed E-state index contributed by atoms with van der Waals surface area (Å²) in [6.45, 7) is 6.78. The van der Waals surface area contributed by atoms with E-state index in [1.807, 2.05) is 11.0 Å². The largest absolute Gasteiger partial charge is 0.383 e. The second-order valence-electron chi connectivity index (χ2n) is 5.64. The van der Waals surface area contributed by atoms with Crippen LogP contribution in [0.25, 0.3) is 0 Å². The Morgan fingerprint density at radius 3 is 2.55 bits per heavy atom. The molecule has 0 bridgehead atoms. The minimum Gasteiger partial charge on any atom is -0.383 e. The SMILES string of the molecule is COCCNCCC(=O)N1CCN(Cc2ccccc2)CC1. The lowest BCUT2D eigenvalue weighted by Gasteiger charge is -2.34. The maximum atomic E-state index is 12.1. The Kier molecular flexibility index (Phi) is 7.36. The maximum Gasteiger partial charge on any atom is 0.223 e. The third-order valence-electron chi connectivity index (χ3n) is 3.97. The van der Waals surface area contributed by atoms with E-state index in [2.05, 4.69) is 34.5 Å². The van der Waals surface area contributed by atoms with Crippen molar-refractivity contribution in [2.24, 2.45) is 0 Å². The number of methoxy groups -OCH3 is 1. The van der Waals surface area contributed by atoms with E-state index >= 15 is 0 Å². The number of nitrogens with one attached hydrogen (secondary N) is 1. The van der Waals surface area contributed by atoms with Crippen molar-refractivity contribution in [2.75, 3.05) is 53.0 Å². The van der Waals surface area contributed by atoms with Gasteiger partial charge in [-0.15, -0.1) is 0 Å². The minimum absolute atomic E-state index is 0.254. The van der Waals surface area contributed by atoms with Gasteiger partial charge in [0, 0.05) is 59.3 Å². The molecule has 0 unspecified atom stereocenters. The van der Waals surface area contributed by atoms with E-state index in [4.69, 9.17) is 4.74 Å². The first-order valence-corrected chi connectivity index (χ1v) is 8.03. The van der Waals surface area contributed by atoms with Crippen LogP contribution in [0.5, 0.6) is 0 Å². The Balaban J connectivity index is 1.63. The van der Waals surface area contributed by atoms with Crippen LogP contribution in [0.1, 0.15) is 12.0 Å². The van der Waals surface area contributed by atoms with Gasteiger partial charge in [-0.3, -0.25) is 9.69 Å². The molecule has 1 fully saturated rings. The fraction of sp³-hybridized carbons (Fsp3) is 0.588. The molecule has 1 heterocycles. The number of benzene rings is 1. The van der Waals surface area contributed by atoms with Gasteiger partial charge in [-0.05, 0) is 5.56 Å². The van der Waals surface area contributed by atoms with E-state index in [0.717, 1.165) is 45.8 Å². The van der Waals surface area contributed by atoms with Gasteiger partial charge >= 0.3 is 0 Å². The fourth-order valence-corrected chi connectivity index (χ4v) is 2.65. The molecule has 5 heteroatoms. The summed E-state index contributed by atoms with van der Waals surface area (Å²) in [7, 11) is 1.68. The van der Waals surface area contributed by atoms with Crippen molar-refractivity contribution in [2.45, 2.75) is 13.0 Å². The van der Waals surface area contributed by atoms with Crippen LogP contribution in [0.2, 0.25) is 0 Å². The number of carbonyl (C=O) groups excluding carboxylic acids is 1. The van der Waals surface area contributed by atoms with Crippen LogP contribution < -0.4 is 5.32 Å². The Bertz CT molecular complexity index is 431. The van der Waals surface area contributed by atoms with Crippen LogP contribution in [-0.2, 0) is 16.1 Å². The summed E-state index contributed by atoms with van der Waals surface area (Å²) in [6.07, 6.45) is 0.572. The summed E-state index contributed by atoms with van der Waals surface area (Å²) < 4.78 is 4.96. The van der Waals surface area contributed by atoms with Gasteiger partial charge in [-0.2, -0.15) is 0 Å². The van der Waals surface area contributed by atoms with Crippen molar-refractivity contribution in [3.8, 4) is 0 Å². The zero-order valence-corrected chi connectivity index (χ0v) is 13.5. The summed E-state index contributed by atoms with van der Waals surface area (Å²) >= 11 is 0. The standard InChI is InChI=1S/C17H27N3O2/c1-22-14-9-18-8-7-17(21)20-12-10-19(11-13-20)15-16-5-3-2-4-6-16/h2-6,18H,7-15H2,1H3. The molecule has 122 valence electrons. The predicted molar refractivity (Wildman–Crippen MR) is 87.7 cm³/mol. The first kappa shape index (κ1) is 16.9. The van der Waals surface area contributed by atoms with E-state index < -0.39 is 0 Å². The molecule has 0 atom stereocenters. The zero-order chi connectivity index (χ0) is 15.6. The molecule has 22 heavy (non-hydrogen) atoms. The number of nitrogens with zero attached hydrogens (tertiary/aromatic N) is 2. The lowest BCUT2D eigenvalue weighted by molar-refractivity contribution is -0.132. The highest BCUT2D eigenvalue weighted by atomic mass is 16.5. The molecule has 0 aliphatic carbocycles. The van der Waals surface area contributed by atoms with Crippen LogP contribution in [0.4, 0.5) is 0 Å². The maximum absolute atomic E-state index is 12.1. The topological polar surface area (TPSA) is 44.8 Å². The molecule has 0 aromatic heterocycles. The quantitative estimate of drug-likeness (QED) is 0.727. The molecule has 5 nitrogen and oxygen atoms in total. The van der Waals surface area contributed by atoms with E-state index in [-0.39, 0.29) is 5.91 Å². The van der Waals surface area contributed by atoms with E-state index in [1.54, 1.807) is 7.11 Å². The highest BCUT2D eigenvalue weighted by molar-refractivity contribution is 5.76. The second kappa shape index (κ2) is 9.56. The number of carbonyl (C=O) groups is 1. The molecule has 1 N–H and O–H groups in total. The van der Waals surface area contributed by atoms with E-state index in [1.165, 1.54) is 5.56 Å². The summed E-state index contributed by atoms with van der Waals surface area (Å²) in [6, 6.07) is 10.5. The molecular formula is C17H27N3O2. The summed E-state index contributed by atoms with van der Waals surface area (Å²) in [5.74, 6) is 0.254. The van der Waals surface area contributed by atoms with E-state index in [9.17, 15) is 4.79 Å². The van der Waals surface area contributed by atoms with Gasteiger partial charge < -0.3 is 15.0 Å². The zero-order valence-electron chi connectivity index (χ0n) is 13.5. The molecule has 1 aromatic rings. The Morgan fingerprint density at radius 1 is 1.14 bits per heavy atom. The van der Waals surface area contributed by atoms with Crippen molar-refractivity contribution in [3.05, 3.63) is 35.9 Å². The molecule has 1 saturated heterocycles. The van der Waals surface area contributed by atoms with E-state index in [0.29, 0.717) is 13.0 Å². The molecule has 0 saturated carbocycles. The molecule has 0 radical (unpaired) electrons. The predicted octanol–water partition coefficient (Wildman–Crippen LogP) is 0.957. The molecule has 1 aliphatic rings. The number of hydrogen-bond donors (Lipinski definition) is 1. The fourth-order valence-electron chi connectivity index (χ4n) is 2.65. The van der Waals surface area contributed by atoms with Gasteiger partial charge in [0.15, 0.2) is 0 Å². The third kappa shape index (κ3) is 5.75. The van der Waals surface area contributed by atoms with Crippen molar-refractivity contribution >= 4 is 5.91 Å². The molecule has 1 amide bonds. The monoisotopic (exact) mass is 305 g/mol. The highest BCUT2D eigenvalue weighted by Gasteiger charge is 2.20. The van der Waals surface area contributed by atoms with Gasteiger partial charge in [-0.25, -0.2) is 0 Å². The number of ether oxygens (including phenoxy) is 1. The summed E-state index contributed by atoms with van der Waals surface area (Å²) in [4.78, 5) is 16.5. The van der Waals surface area contributed by atoms with Gasteiger partial charge in [0.2, 0.25) is 5.91 Å². The normalized spacial score (nSPS) is 16.0. The second-order valence-corrected chi connectivity index (χ2v) is 5.64. The smallest absolute Gasteiger partial charge is 0.223 e. The minimum atomic E-state index is 0.254. The average Bonchev–Trinajstić information content (AvgIpc) is 2.56. The number of piperazine rings is 1. The van der Waals surface area contributed by atoms with Gasteiger partial charge in [-0.1, -0.05) is 30.3 Å². The van der Waals surface area contributed by atoms with Crippen molar-refractivity contribution < 1.29 is 9.53 Å². The van der Waals surface area contributed by atoms with Crippen LogP contribution in [-0.4, -0.2) is 68.7 Å². The first-order valence-electron chi connectivity index (χ1n) is 8.03. The van der Waals surface area contributed by atoms with Crippen molar-refractivity contribution in [3.63, 3.8) is 0 Å². The summed E-state index contributed by atoms with van der Waals surface area (Å²) in [5, 5.41) is 3.21. The Hall–Kier alpha value is -1.43. The van der Waals surface area contributed by atoms with Crippen LogP contribution >= 0.6 is 0 Å². The van der Waals surface area contributed by atoms with Crippen LogP contribution in [0, 0.1) is 0 Å². The summed E-state index contributed by atoms with van der Waals surface area (Å²) in [5.41, 5.74) is 1.34. The Morgan fingerprint density at radius 2 is 1.86 bits per heavy atom. The highest BCUT2D eigenvalue weighted by Crippen LogP contribution is 2.09. The molecular weight excluding hydrogens is 278 g/mol. The van der Waals surface area contributed by atoms with Crippen molar-refractivity contribution in [1.82, 2.24) is 15.1 Å².